The van der Waals surface area contributed by atoms with E-state index in [2.05, 4.69) is 12.1 Å². The summed E-state index contributed by atoms with van der Waals surface area (Å²) in [6.07, 6.45) is 2.04. The van der Waals surface area contributed by atoms with Gasteiger partial charge in [-0.25, -0.2) is 0 Å². The molecule has 1 aromatic carbocycles. The van der Waals surface area contributed by atoms with Crippen molar-refractivity contribution in [2.75, 3.05) is 27.4 Å². The summed E-state index contributed by atoms with van der Waals surface area (Å²) in [6, 6.07) is 6.34. The second-order valence-corrected chi connectivity index (χ2v) is 5.36. The predicted octanol–water partition coefficient (Wildman–Crippen LogP) is 2.10. The molecule has 0 amide bonds. The fourth-order valence-corrected chi connectivity index (χ4v) is 2.47. The molecule has 1 atom stereocenters. The van der Waals surface area contributed by atoms with Crippen molar-refractivity contribution in [3.05, 3.63) is 23.8 Å². The zero-order valence-electron chi connectivity index (χ0n) is 11.9. The number of hydrogen-bond acceptors (Lipinski definition) is 4. The highest BCUT2D eigenvalue weighted by atomic mass is 16.5. The SMILES string of the molecule is COc1ccc(C2(CCC(C)N)COC2)cc1OC. The number of ether oxygens (including phenoxy) is 3. The summed E-state index contributed by atoms with van der Waals surface area (Å²) >= 11 is 0. The van der Waals surface area contributed by atoms with E-state index in [1.165, 1.54) is 5.56 Å². The van der Waals surface area contributed by atoms with Crippen LogP contribution in [0.25, 0.3) is 0 Å². The topological polar surface area (TPSA) is 53.7 Å². The van der Waals surface area contributed by atoms with Crippen molar-refractivity contribution in [1.29, 1.82) is 0 Å². The summed E-state index contributed by atoms with van der Waals surface area (Å²) in [5.74, 6) is 1.53. The summed E-state index contributed by atoms with van der Waals surface area (Å²) in [7, 11) is 3.31. The average molecular weight is 265 g/mol. The van der Waals surface area contributed by atoms with Crippen LogP contribution in [-0.4, -0.2) is 33.5 Å². The quantitative estimate of drug-likeness (QED) is 0.856. The van der Waals surface area contributed by atoms with Crippen molar-refractivity contribution in [3.8, 4) is 11.5 Å². The van der Waals surface area contributed by atoms with Gasteiger partial charge in [0.1, 0.15) is 0 Å². The molecular formula is C15H23NO3. The lowest BCUT2D eigenvalue weighted by molar-refractivity contribution is -0.0657. The molecule has 1 aliphatic rings. The molecule has 4 nitrogen and oxygen atoms in total. The first kappa shape index (κ1) is 14.2. The number of nitrogens with two attached hydrogens (primary N) is 1. The number of rotatable bonds is 6. The molecule has 1 aliphatic heterocycles. The molecule has 2 rings (SSSR count). The molecule has 0 bridgehead atoms. The van der Waals surface area contributed by atoms with Gasteiger partial charge >= 0.3 is 0 Å². The van der Waals surface area contributed by atoms with Crippen molar-refractivity contribution in [2.24, 2.45) is 5.73 Å². The summed E-state index contributed by atoms with van der Waals surface area (Å²) in [5.41, 5.74) is 7.21. The van der Waals surface area contributed by atoms with Gasteiger partial charge in [0, 0.05) is 11.5 Å². The second kappa shape index (κ2) is 5.80. The van der Waals surface area contributed by atoms with E-state index in [0.29, 0.717) is 0 Å². The van der Waals surface area contributed by atoms with Crippen molar-refractivity contribution in [2.45, 2.75) is 31.2 Å². The lowest BCUT2D eigenvalue weighted by Crippen LogP contribution is -2.47. The Hall–Kier alpha value is -1.26. The summed E-state index contributed by atoms with van der Waals surface area (Å²) < 4.78 is 16.1. The van der Waals surface area contributed by atoms with Crippen LogP contribution in [-0.2, 0) is 10.2 Å². The van der Waals surface area contributed by atoms with Crippen molar-refractivity contribution < 1.29 is 14.2 Å². The van der Waals surface area contributed by atoms with Crippen LogP contribution in [0, 0.1) is 0 Å². The Morgan fingerprint density at radius 2 is 1.95 bits per heavy atom. The first-order chi connectivity index (χ1) is 9.11. The van der Waals surface area contributed by atoms with E-state index in [1.54, 1.807) is 14.2 Å². The van der Waals surface area contributed by atoms with Crippen molar-refractivity contribution in [3.63, 3.8) is 0 Å². The van der Waals surface area contributed by atoms with Gasteiger partial charge in [-0.3, -0.25) is 0 Å². The molecule has 1 unspecified atom stereocenters. The molecule has 0 aromatic heterocycles. The fraction of sp³-hybridized carbons (Fsp3) is 0.600. The van der Waals surface area contributed by atoms with Crippen LogP contribution in [0.3, 0.4) is 0 Å². The minimum absolute atomic E-state index is 0.0905. The van der Waals surface area contributed by atoms with Gasteiger partial charge in [-0.15, -0.1) is 0 Å². The molecule has 2 N–H and O–H groups in total. The average Bonchev–Trinajstić information content (AvgIpc) is 2.36. The van der Waals surface area contributed by atoms with Crippen LogP contribution < -0.4 is 15.2 Å². The van der Waals surface area contributed by atoms with Gasteiger partial charge in [0.15, 0.2) is 11.5 Å². The zero-order chi connectivity index (χ0) is 13.9. The standard InChI is InChI=1S/C15H23NO3/c1-11(16)6-7-15(9-19-10-15)12-4-5-13(17-2)14(8-12)18-3/h4-5,8,11H,6-7,9-10,16H2,1-3H3. The third-order valence-corrected chi connectivity index (χ3v) is 3.83. The molecule has 0 radical (unpaired) electrons. The summed E-state index contributed by atoms with van der Waals surface area (Å²) in [5, 5.41) is 0. The van der Waals surface area contributed by atoms with E-state index in [-0.39, 0.29) is 11.5 Å². The highest BCUT2D eigenvalue weighted by molar-refractivity contribution is 5.46. The molecule has 4 heteroatoms. The second-order valence-electron chi connectivity index (χ2n) is 5.36. The predicted molar refractivity (Wildman–Crippen MR) is 74.9 cm³/mol. The number of methoxy groups -OCH3 is 2. The van der Waals surface area contributed by atoms with Gasteiger partial charge in [0.25, 0.3) is 0 Å². The molecular weight excluding hydrogens is 242 g/mol. The molecule has 106 valence electrons. The van der Waals surface area contributed by atoms with Gasteiger partial charge in [0.05, 0.1) is 27.4 Å². The molecule has 1 aromatic rings. The van der Waals surface area contributed by atoms with Gasteiger partial charge in [-0.05, 0) is 37.5 Å². The largest absolute Gasteiger partial charge is 0.493 e. The molecule has 0 saturated carbocycles. The minimum atomic E-state index is 0.0905. The smallest absolute Gasteiger partial charge is 0.161 e. The molecule has 0 spiro atoms. The van der Waals surface area contributed by atoms with Gasteiger partial charge in [-0.1, -0.05) is 6.07 Å². The maximum absolute atomic E-state index is 5.87. The van der Waals surface area contributed by atoms with Crippen LogP contribution in [0.15, 0.2) is 18.2 Å². The third-order valence-electron chi connectivity index (χ3n) is 3.83. The van der Waals surface area contributed by atoms with Crippen LogP contribution in [0.5, 0.6) is 11.5 Å². The highest BCUT2D eigenvalue weighted by Gasteiger charge is 2.40. The van der Waals surface area contributed by atoms with Crippen LogP contribution >= 0.6 is 0 Å². The Labute approximate surface area is 114 Å². The Kier molecular flexibility index (Phi) is 4.32. The van der Waals surface area contributed by atoms with E-state index in [9.17, 15) is 0 Å². The Bertz CT molecular complexity index is 427. The minimum Gasteiger partial charge on any atom is -0.493 e. The normalized spacial score (nSPS) is 18.5. The Morgan fingerprint density at radius 1 is 1.26 bits per heavy atom. The van der Waals surface area contributed by atoms with Crippen molar-refractivity contribution >= 4 is 0 Å². The van der Waals surface area contributed by atoms with E-state index in [0.717, 1.165) is 37.6 Å². The molecule has 1 saturated heterocycles. The van der Waals surface area contributed by atoms with Gasteiger partial charge in [-0.2, -0.15) is 0 Å². The first-order valence-electron chi connectivity index (χ1n) is 6.67. The first-order valence-corrected chi connectivity index (χ1v) is 6.67. The molecule has 19 heavy (non-hydrogen) atoms. The monoisotopic (exact) mass is 265 g/mol. The van der Waals surface area contributed by atoms with E-state index < -0.39 is 0 Å². The maximum Gasteiger partial charge on any atom is 0.161 e. The fourth-order valence-electron chi connectivity index (χ4n) is 2.47. The molecule has 1 fully saturated rings. The van der Waals surface area contributed by atoms with E-state index >= 15 is 0 Å². The lowest BCUT2D eigenvalue weighted by Gasteiger charge is -2.42. The molecule has 1 heterocycles. The Balaban J connectivity index is 2.23. The van der Waals surface area contributed by atoms with E-state index in [1.807, 2.05) is 13.0 Å². The van der Waals surface area contributed by atoms with Crippen LogP contribution in [0.2, 0.25) is 0 Å². The van der Waals surface area contributed by atoms with Gasteiger partial charge in [0.2, 0.25) is 0 Å². The third kappa shape index (κ3) is 2.85. The van der Waals surface area contributed by atoms with Gasteiger partial charge < -0.3 is 19.9 Å². The Morgan fingerprint density at radius 3 is 2.42 bits per heavy atom. The lowest BCUT2D eigenvalue weighted by atomic mass is 9.74. The van der Waals surface area contributed by atoms with Crippen molar-refractivity contribution in [1.82, 2.24) is 0 Å². The number of benzene rings is 1. The summed E-state index contributed by atoms with van der Waals surface area (Å²) in [6.45, 7) is 3.56. The summed E-state index contributed by atoms with van der Waals surface area (Å²) in [4.78, 5) is 0. The van der Waals surface area contributed by atoms with Crippen LogP contribution in [0.4, 0.5) is 0 Å². The van der Waals surface area contributed by atoms with Crippen LogP contribution in [0.1, 0.15) is 25.3 Å². The number of hydrogen-bond donors (Lipinski definition) is 1. The molecule has 0 aliphatic carbocycles. The highest BCUT2D eigenvalue weighted by Crippen LogP contribution is 2.40. The zero-order valence-corrected chi connectivity index (χ0v) is 11.9. The maximum atomic E-state index is 5.87. The van der Waals surface area contributed by atoms with E-state index in [4.69, 9.17) is 19.9 Å².